The third-order valence-corrected chi connectivity index (χ3v) is 4.55. The third kappa shape index (κ3) is 5.50. The van der Waals surface area contributed by atoms with Crippen molar-refractivity contribution in [2.75, 3.05) is 6.54 Å². The van der Waals surface area contributed by atoms with E-state index in [9.17, 15) is 17.2 Å². The van der Waals surface area contributed by atoms with E-state index in [1.165, 1.54) is 6.92 Å². The first kappa shape index (κ1) is 20.2. The summed E-state index contributed by atoms with van der Waals surface area (Å²) in [6, 6.07) is 1.11. The Balaban J connectivity index is 0.00000400. The van der Waals surface area contributed by atoms with E-state index in [1.807, 2.05) is 6.92 Å². The van der Waals surface area contributed by atoms with Gasteiger partial charge in [0.25, 0.3) is 0 Å². The lowest BCUT2D eigenvalue weighted by Crippen LogP contribution is -2.40. The number of nitrogens with two attached hydrogens (primary N) is 1. The molecule has 4 nitrogen and oxygen atoms in total. The molecular weight excluding hydrogens is 322 g/mol. The summed E-state index contributed by atoms with van der Waals surface area (Å²) < 4.78 is 53.4. The standard InChI is InChI=1S/C13H20F2N2O2S.ClH/c1-3-4-5-10(8-16)17-20(18,19)13-6-9(2)11(14)7-12(13)15;/h6-7,10,17H,3-5,8,16H2,1-2H3;1H. The second-order valence-corrected chi connectivity index (χ2v) is 6.41. The predicted molar refractivity (Wildman–Crippen MR) is 81.0 cm³/mol. The summed E-state index contributed by atoms with van der Waals surface area (Å²) in [6.45, 7) is 3.48. The average Bonchev–Trinajstić information content (AvgIpc) is 2.38. The predicted octanol–water partition coefficient (Wildman–Crippen LogP) is 2.49. The highest BCUT2D eigenvalue weighted by Crippen LogP contribution is 2.19. The maximum atomic E-state index is 13.6. The molecule has 1 aromatic rings. The van der Waals surface area contributed by atoms with Crippen molar-refractivity contribution < 1.29 is 17.2 Å². The van der Waals surface area contributed by atoms with Gasteiger partial charge in [0.2, 0.25) is 10.0 Å². The largest absolute Gasteiger partial charge is 0.329 e. The van der Waals surface area contributed by atoms with Gasteiger partial charge in [-0.05, 0) is 25.0 Å². The van der Waals surface area contributed by atoms with Gasteiger partial charge in [0.15, 0.2) is 0 Å². The van der Waals surface area contributed by atoms with Crippen molar-refractivity contribution >= 4 is 22.4 Å². The number of benzene rings is 1. The Morgan fingerprint density at radius 3 is 2.43 bits per heavy atom. The zero-order valence-electron chi connectivity index (χ0n) is 12.0. The molecule has 0 aliphatic rings. The summed E-state index contributed by atoms with van der Waals surface area (Å²) in [5, 5.41) is 0. The molecule has 0 saturated carbocycles. The molecule has 0 aliphatic heterocycles. The van der Waals surface area contributed by atoms with Gasteiger partial charge >= 0.3 is 0 Å². The van der Waals surface area contributed by atoms with Gasteiger partial charge in [-0.2, -0.15) is 0 Å². The lowest BCUT2D eigenvalue weighted by Gasteiger charge is -2.17. The van der Waals surface area contributed by atoms with Crippen LogP contribution < -0.4 is 10.5 Å². The van der Waals surface area contributed by atoms with Crippen molar-refractivity contribution in [3.8, 4) is 0 Å². The van der Waals surface area contributed by atoms with E-state index < -0.39 is 32.6 Å². The molecular formula is C13H21ClF2N2O2S. The molecule has 1 unspecified atom stereocenters. The second kappa shape index (κ2) is 8.63. The topological polar surface area (TPSA) is 72.2 Å². The highest BCUT2D eigenvalue weighted by molar-refractivity contribution is 7.89. The lowest BCUT2D eigenvalue weighted by molar-refractivity contribution is 0.506. The first-order valence-electron chi connectivity index (χ1n) is 6.49. The Bertz CT molecular complexity index is 568. The summed E-state index contributed by atoms with van der Waals surface area (Å²) in [5.74, 6) is -1.88. The van der Waals surface area contributed by atoms with Crippen LogP contribution in [-0.4, -0.2) is 21.0 Å². The van der Waals surface area contributed by atoms with Crippen LogP contribution in [-0.2, 0) is 10.0 Å². The fraction of sp³-hybridized carbons (Fsp3) is 0.538. The van der Waals surface area contributed by atoms with Crippen LogP contribution in [0.4, 0.5) is 8.78 Å². The van der Waals surface area contributed by atoms with E-state index in [-0.39, 0.29) is 24.5 Å². The normalized spacial score (nSPS) is 12.8. The highest BCUT2D eigenvalue weighted by Gasteiger charge is 2.23. The monoisotopic (exact) mass is 342 g/mol. The summed E-state index contributed by atoms with van der Waals surface area (Å²) in [6.07, 6.45) is 2.30. The van der Waals surface area contributed by atoms with Gasteiger partial charge in [-0.3, -0.25) is 0 Å². The SMILES string of the molecule is CCCCC(CN)NS(=O)(=O)c1cc(C)c(F)cc1F.Cl. The van der Waals surface area contributed by atoms with Crippen LogP contribution in [0.3, 0.4) is 0 Å². The number of rotatable bonds is 7. The van der Waals surface area contributed by atoms with E-state index >= 15 is 0 Å². The Morgan fingerprint density at radius 2 is 1.90 bits per heavy atom. The smallest absolute Gasteiger partial charge is 0.243 e. The van der Waals surface area contributed by atoms with E-state index in [1.54, 1.807) is 0 Å². The number of hydrogen-bond acceptors (Lipinski definition) is 3. The van der Waals surface area contributed by atoms with E-state index in [2.05, 4.69) is 4.72 Å². The van der Waals surface area contributed by atoms with Crippen molar-refractivity contribution in [3.05, 3.63) is 29.3 Å². The molecule has 21 heavy (non-hydrogen) atoms. The van der Waals surface area contributed by atoms with E-state index in [0.29, 0.717) is 12.5 Å². The zero-order valence-corrected chi connectivity index (χ0v) is 13.7. The molecule has 0 aliphatic carbocycles. The summed E-state index contributed by atoms with van der Waals surface area (Å²) in [5.41, 5.74) is 5.58. The second-order valence-electron chi connectivity index (χ2n) is 4.73. The fourth-order valence-electron chi connectivity index (χ4n) is 1.80. The van der Waals surface area contributed by atoms with Crippen molar-refractivity contribution in [2.24, 2.45) is 5.73 Å². The molecule has 0 radical (unpaired) electrons. The number of aryl methyl sites for hydroxylation is 1. The molecule has 0 aromatic heterocycles. The van der Waals surface area contributed by atoms with Crippen LogP contribution in [0.2, 0.25) is 0 Å². The molecule has 1 aromatic carbocycles. The molecule has 1 rings (SSSR count). The van der Waals surface area contributed by atoms with Gasteiger partial charge in [0, 0.05) is 18.7 Å². The van der Waals surface area contributed by atoms with Gasteiger partial charge in [0.05, 0.1) is 0 Å². The maximum Gasteiger partial charge on any atom is 0.243 e. The molecule has 122 valence electrons. The molecule has 0 heterocycles. The van der Waals surface area contributed by atoms with Crippen molar-refractivity contribution in [3.63, 3.8) is 0 Å². The third-order valence-electron chi connectivity index (χ3n) is 3.02. The Morgan fingerprint density at radius 1 is 1.29 bits per heavy atom. The quantitative estimate of drug-likeness (QED) is 0.799. The Kier molecular flexibility index (Phi) is 8.31. The maximum absolute atomic E-state index is 13.6. The number of unbranched alkanes of at least 4 members (excludes halogenated alkanes) is 1. The van der Waals surface area contributed by atoms with Gasteiger partial charge in [0.1, 0.15) is 16.5 Å². The number of hydrogen-bond donors (Lipinski definition) is 2. The molecule has 0 amide bonds. The minimum atomic E-state index is -4.04. The first-order chi connectivity index (χ1) is 9.31. The van der Waals surface area contributed by atoms with Gasteiger partial charge in [-0.1, -0.05) is 19.8 Å². The molecule has 0 fully saturated rings. The molecule has 0 spiro atoms. The number of sulfonamides is 1. The van der Waals surface area contributed by atoms with Crippen LogP contribution in [0.25, 0.3) is 0 Å². The Hall–Kier alpha value is -0.760. The van der Waals surface area contributed by atoms with Crippen LogP contribution in [0.5, 0.6) is 0 Å². The van der Waals surface area contributed by atoms with Crippen LogP contribution in [0.15, 0.2) is 17.0 Å². The molecule has 0 saturated heterocycles. The van der Waals surface area contributed by atoms with Crippen LogP contribution >= 0.6 is 12.4 Å². The van der Waals surface area contributed by atoms with E-state index in [0.717, 1.165) is 18.9 Å². The number of halogens is 3. The fourth-order valence-corrected chi connectivity index (χ4v) is 3.22. The van der Waals surface area contributed by atoms with Gasteiger partial charge < -0.3 is 5.73 Å². The molecule has 1 atom stereocenters. The van der Waals surface area contributed by atoms with Gasteiger partial charge in [-0.25, -0.2) is 21.9 Å². The number of nitrogens with one attached hydrogen (secondary N) is 1. The minimum Gasteiger partial charge on any atom is -0.329 e. The zero-order chi connectivity index (χ0) is 15.3. The van der Waals surface area contributed by atoms with Crippen molar-refractivity contribution in [1.82, 2.24) is 4.72 Å². The molecule has 8 heteroatoms. The molecule has 3 N–H and O–H groups in total. The first-order valence-corrected chi connectivity index (χ1v) is 7.98. The Labute approximate surface area is 130 Å². The molecule has 0 bridgehead atoms. The minimum absolute atomic E-state index is 0. The van der Waals surface area contributed by atoms with Gasteiger partial charge in [-0.15, -0.1) is 12.4 Å². The van der Waals surface area contributed by atoms with Crippen LogP contribution in [0.1, 0.15) is 31.7 Å². The average molecular weight is 343 g/mol. The summed E-state index contributed by atoms with van der Waals surface area (Å²) in [4.78, 5) is -0.550. The highest BCUT2D eigenvalue weighted by atomic mass is 35.5. The lowest BCUT2D eigenvalue weighted by atomic mass is 10.1. The van der Waals surface area contributed by atoms with E-state index in [4.69, 9.17) is 5.73 Å². The van der Waals surface area contributed by atoms with Crippen molar-refractivity contribution in [2.45, 2.75) is 44.0 Å². The summed E-state index contributed by atoms with van der Waals surface area (Å²) in [7, 11) is -4.04. The van der Waals surface area contributed by atoms with Crippen LogP contribution in [0, 0.1) is 18.6 Å². The summed E-state index contributed by atoms with van der Waals surface area (Å²) >= 11 is 0. The van der Waals surface area contributed by atoms with Crippen molar-refractivity contribution in [1.29, 1.82) is 0 Å².